The summed E-state index contributed by atoms with van der Waals surface area (Å²) in [5, 5.41) is 7.20. The average Bonchev–Trinajstić information content (AvgIpc) is 2.61. The van der Waals surface area contributed by atoms with Gasteiger partial charge in [-0.1, -0.05) is 0 Å². The summed E-state index contributed by atoms with van der Waals surface area (Å²) in [6, 6.07) is 1.71. The lowest BCUT2D eigenvalue weighted by Crippen LogP contribution is -2.07. The van der Waals surface area contributed by atoms with E-state index >= 15 is 0 Å². The molecule has 0 radical (unpaired) electrons. The zero-order valence-electron chi connectivity index (χ0n) is 7.41. The van der Waals surface area contributed by atoms with Crippen LogP contribution in [0.2, 0.25) is 0 Å². The number of nitrogens with zero attached hydrogens (tertiary/aromatic N) is 2. The molecule has 1 aliphatic heterocycles. The molecule has 0 aromatic carbocycles. The monoisotopic (exact) mass is 181 g/mol. The molecule has 1 aromatic rings. The summed E-state index contributed by atoms with van der Waals surface area (Å²) in [5.41, 5.74) is 0.379. The standard InChI is InChI=1S/C8H11N3O2/c1-2-13-8(12)6-5-7-9-3-4-11(7)10-6/h5,9H,2-4H2,1H3. The number of fused-ring (bicyclic) bond motifs is 1. The summed E-state index contributed by atoms with van der Waals surface area (Å²) >= 11 is 0. The summed E-state index contributed by atoms with van der Waals surface area (Å²) in [4.78, 5) is 11.2. The summed E-state index contributed by atoms with van der Waals surface area (Å²) in [6.45, 7) is 3.86. The van der Waals surface area contributed by atoms with Crippen molar-refractivity contribution in [3.63, 3.8) is 0 Å². The molecule has 0 fully saturated rings. The van der Waals surface area contributed by atoms with Crippen LogP contribution in [-0.2, 0) is 11.3 Å². The molecule has 0 atom stereocenters. The van der Waals surface area contributed by atoms with Crippen LogP contribution in [0.25, 0.3) is 0 Å². The lowest BCUT2D eigenvalue weighted by atomic mass is 10.4. The van der Waals surface area contributed by atoms with Crippen molar-refractivity contribution >= 4 is 11.8 Å². The first-order chi connectivity index (χ1) is 6.31. The minimum Gasteiger partial charge on any atom is -0.461 e. The largest absolute Gasteiger partial charge is 0.461 e. The van der Waals surface area contributed by atoms with Crippen LogP contribution in [0.15, 0.2) is 6.07 Å². The Labute approximate surface area is 75.7 Å². The molecule has 2 rings (SSSR count). The number of rotatable bonds is 2. The zero-order chi connectivity index (χ0) is 9.26. The van der Waals surface area contributed by atoms with Gasteiger partial charge in [0, 0.05) is 12.6 Å². The fourth-order valence-electron chi connectivity index (χ4n) is 1.32. The van der Waals surface area contributed by atoms with E-state index in [0.717, 1.165) is 18.9 Å². The number of hydrogen-bond donors (Lipinski definition) is 1. The van der Waals surface area contributed by atoms with Gasteiger partial charge in [0.05, 0.1) is 13.2 Å². The highest BCUT2D eigenvalue weighted by atomic mass is 16.5. The molecular weight excluding hydrogens is 170 g/mol. The molecule has 0 aliphatic carbocycles. The van der Waals surface area contributed by atoms with Gasteiger partial charge in [0.2, 0.25) is 0 Å². The van der Waals surface area contributed by atoms with Crippen LogP contribution in [0.3, 0.4) is 0 Å². The Kier molecular flexibility index (Phi) is 1.92. The predicted molar refractivity (Wildman–Crippen MR) is 46.7 cm³/mol. The molecule has 0 bridgehead atoms. The van der Waals surface area contributed by atoms with Gasteiger partial charge in [-0.15, -0.1) is 0 Å². The fraction of sp³-hybridized carbons (Fsp3) is 0.500. The molecular formula is C8H11N3O2. The van der Waals surface area contributed by atoms with Gasteiger partial charge < -0.3 is 10.1 Å². The Morgan fingerprint density at radius 1 is 1.85 bits per heavy atom. The number of esters is 1. The molecule has 5 heteroatoms. The van der Waals surface area contributed by atoms with Gasteiger partial charge in [0.25, 0.3) is 0 Å². The van der Waals surface area contributed by atoms with Crippen LogP contribution in [0.1, 0.15) is 17.4 Å². The van der Waals surface area contributed by atoms with Crippen molar-refractivity contribution in [1.82, 2.24) is 9.78 Å². The second kappa shape index (κ2) is 3.08. The van der Waals surface area contributed by atoms with Gasteiger partial charge in [-0.3, -0.25) is 0 Å². The van der Waals surface area contributed by atoms with Crippen molar-refractivity contribution in [2.24, 2.45) is 0 Å². The Morgan fingerprint density at radius 2 is 2.69 bits per heavy atom. The van der Waals surface area contributed by atoms with Crippen molar-refractivity contribution in [2.75, 3.05) is 18.5 Å². The van der Waals surface area contributed by atoms with E-state index < -0.39 is 0 Å². The Bertz CT molecular complexity index is 311. The maximum absolute atomic E-state index is 11.2. The predicted octanol–water partition coefficient (Wildman–Crippen LogP) is 0.485. The molecule has 70 valence electrons. The van der Waals surface area contributed by atoms with Crippen molar-refractivity contribution in [1.29, 1.82) is 0 Å². The molecule has 5 nitrogen and oxygen atoms in total. The first kappa shape index (κ1) is 8.10. The maximum Gasteiger partial charge on any atom is 0.358 e. The second-order valence-corrected chi connectivity index (χ2v) is 2.79. The molecule has 1 aliphatic rings. The van der Waals surface area contributed by atoms with Gasteiger partial charge in [-0.25, -0.2) is 9.48 Å². The molecule has 0 saturated carbocycles. The molecule has 2 heterocycles. The van der Waals surface area contributed by atoms with Crippen LogP contribution in [0.4, 0.5) is 5.82 Å². The number of nitrogens with one attached hydrogen (secondary N) is 1. The van der Waals surface area contributed by atoms with Gasteiger partial charge >= 0.3 is 5.97 Å². The number of aromatic nitrogens is 2. The number of anilines is 1. The van der Waals surface area contributed by atoms with Crippen LogP contribution in [0, 0.1) is 0 Å². The summed E-state index contributed by atoms with van der Waals surface area (Å²) < 4.78 is 6.59. The Morgan fingerprint density at radius 3 is 3.38 bits per heavy atom. The Balaban J connectivity index is 2.18. The van der Waals surface area contributed by atoms with Gasteiger partial charge in [-0.05, 0) is 6.92 Å². The highest BCUT2D eigenvalue weighted by Crippen LogP contribution is 2.15. The van der Waals surface area contributed by atoms with Crippen LogP contribution in [-0.4, -0.2) is 28.9 Å². The van der Waals surface area contributed by atoms with Crippen LogP contribution in [0.5, 0.6) is 0 Å². The topological polar surface area (TPSA) is 56.2 Å². The fourth-order valence-corrected chi connectivity index (χ4v) is 1.32. The van der Waals surface area contributed by atoms with Gasteiger partial charge in [-0.2, -0.15) is 5.10 Å². The molecule has 0 spiro atoms. The van der Waals surface area contributed by atoms with E-state index in [1.54, 1.807) is 17.7 Å². The highest BCUT2D eigenvalue weighted by Gasteiger charge is 2.17. The number of ether oxygens (including phenoxy) is 1. The van der Waals surface area contributed by atoms with E-state index in [0.29, 0.717) is 12.3 Å². The molecule has 1 aromatic heterocycles. The minimum atomic E-state index is -0.355. The highest BCUT2D eigenvalue weighted by molar-refractivity contribution is 5.88. The van der Waals surface area contributed by atoms with Crippen LogP contribution < -0.4 is 5.32 Å². The minimum absolute atomic E-state index is 0.355. The third kappa shape index (κ3) is 1.37. The van der Waals surface area contributed by atoms with E-state index in [-0.39, 0.29) is 5.97 Å². The third-order valence-corrected chi connectivity index (χ3v) is 1.89. The van der Waals surface area contributed by atoms with E-state index in [2.05, 4.69) is 10.4 Å². The molecule has 0 saturated heterocycles. The molecule has 13 heavy (non-hydrogen) atoms. The summed E-state index contributed by atoms with van der Waals surface area (Å²) in [5.74, 6) is 0.536. The molecule has 0 amide bonds. The lowest BCUT2D eigenvalue weighted by molar-refractivity contribution is 0.0518. The first-order valence-electron chi connectivity index (χ1n) is 4.30. The van der Waals surface area contributed by atoms with Crippen LogP contribution >= 0.6 is 0 Å². The van der Waals surface area contributed by atoms with Crippen molar-refractivity contribution < 1.29 is 9.53 Å². The Hall–Kier alpha value is -1.52. The summed E-state index contributed by atoms with van der Waals surface area (Å²) in [6.07, 6.45) is 0. The van der Waals surface area contributed by atoms with Gasteiger partial charge in [0.1, 0.15) is 5.82 Å². The van der Waals surface area contributed by atoms with Gasteiger partial charge in [0.15, 0.2) is 5.69 Å². The first-order valence-corrected chi connectivity index (χ1v) is 4.30. The number of carbonyl (C=O) groups is 1. The molecule has 0 unspecified atom stereocenters. The second-order valence-electron chi connectivity index (χ2n) is 2.79. The average molecular weight is 181 g/mol. The SMILES string of the molecule is CCOC(=O)c1cc2n(n1)CCN2. The summed E-state index contributed by atoms with van der Waals surface area (Å²) in [7, 11) is 0. The zero-order valence-corrected chi connectivity index (χ0v) is 7.41. The van der Waals surface area contributed by atoms with E-state index in [1.807, 2.05) is 0 Å². The quantitative estimate of drug-likeness (QED) is 0.674. The smallest absolute Gasteiger partial charge is 0.358 e. The number of hydrogen-bond acceptors (Lipinski definition) is 4. The van der Waals surface area contributed by atoms with Crippen molar-refractivity contribution in [3.05, 3.63) is 11.8 Å². The lowest BCUT2D eigenvalue weighted by Gasteiger charge is -1.96. The van der Waals surface area contributed by atoms with E-state index in [9.17, 15) is 4.79 Å². The molecule has 1 N–H and O–H groups in total. The van der Waals surface area contributed by atoms with E-state index in [4.69, 9.17) is 4.74 Å². The normalized spacial score (nSPS) is 13.6. The number of carbonyl (C=O) groups excluding carboxylic acids is 1. The third-order valence-electron chi connectivity index (χ3n) is 1.89. The van der Waals surface area contributed by atoms with Crippen molar-refractivity contribution in [2.45, 2.75) is 13.5 Å². The van der Waals surface area contributed by atoms with Crippen molar-refractivity contribution in [3.8, 4) is 0 Å². The maximum atomic E-state index is 11.2. The van der Waals surface area contributed by atoms with E-state index in [1.165, 1.54) is 0 Å².